The number of carbonyl (C=O) groups is 2. The molecule has 0 bridgehead atoms. The van der Waals surface area contributed by atoms with E-state index in [9.17, 15) is 9.59 Å². The first-order valence-corrected chi connectivity index (χ1v) is 8.27. The molecule has 22 heavy (non-hydrogen) atoms. The Morgan fingerprint density at radius 3 is 1.55 bits per heavy atom. The van der Waals surface area contributed by atoms with E-state index in [0.717, 1.165) is 0 Å². The Balaban J connectivity index is 2.76. The van der Waals surface area contributed by atoms with E-state index in [1.807, 2.05) is 0 Å². The van der Waals surface area contributed by atoms with Gasteiger partial charge in [-0.05, 0) is 12.1 Å². The smallest absolute Gasteiger partial charge is 0.339 e. The standard InChI is InChI=1S/C14H14Cl4O4/c15-5-9(17)7-21-13(19)11-3-1-2-4-12(11)14(20)22-8-10(18)6-16/h1-4,9-10H,5-8H2. The van der Waals surface area contributed by atoms with Crippen molar-refractivity contribution in [1.29, 1.82) is 0 Å². The van der Waals surface area contributed by atoms with Crippen LogP contribution in [0.3, 0.4) is 0 Å². The number of carbonyl (C=O) groups excluding carboxylic acids is 2. The summed E-state index contributed by atoms with van der Waals surface area (Å²) in [6.45, 7) is -0.105. The average molecular weight is 388 g/mol. The van der Waals surface area contributed by atoms with Crippen LogP contribution in [0.5, 0.6) is 0 Å². The minimum absolute atomic E-state index is 0.0523. The Hall–Kier alpha value is -0.680. The van der Waals surface area contributed by atoms with Crippen LogP contribution < -0.4 is 0 Å². The molecule has 0 N–H and O–H groups in total. The maximum Gasteiger partial charge on any atom is 0.339 e. The third-order valence-electron chi connectivity index (χ3n) is 2.49. The van der Waals surface area contributed by atoms with E-state index < -0.39 is 22.7 Å². The van der Waals surface area contributed by atoms with Crippen LogP contribution in [-0.4, -0.2) is 47.7 Å². The number of halogens is 4. The van der Waals surface area contributed by atoms with Gasteiger partial charge in [0.2, 0.25) is 0 Å². The third kappa shape index (κ3) is 6.21. The predicted octanol–water partition coefficient (Wildman–Crippen LogP) is 3.69. The summed E-state index contributed by atoms with van der Waals surface area (Å²) in [5, 5.41) is -0.990. The average Bonchev–Trinajstić information content (AvgIpc) is 2.56. The fourth-order valence-electron chi connectivity index (χ4n) is 1.42. The van der Waals surface area contributed by atoms with Gasteiger partial charge in [0, 0.05) is 11.8 Å². The summed E-state index contributed by atoms with van der Waals surface area (Å²) in [6, 6.07) is 6.14. The molecule has 0 aliphatic heterocycles. The molecule has 0 heterocycles. The van der Waals surface area contributed by atoms with Gasteiger partial charge in [-0.25, -0.2) is 9.59 Å². The van der Waals surface area contributed by atoms with Gasteiger partial charge in [-0.2, -0.15) is 0 Å². The fourth-order valence-corrected chi connectivity index (χ4v) is 1.72. The van der Waals surface area contributed by atoms with Crippen LogP contribution in [0.15, 0.2) is 24.3 Å². The minimum atomic E-state index is -0.678. The summed E-state index contributed by atoms with van der Waals surface area (Å²) >= 11 is 22.6. The van der Waals surface area contributed by atoms with Gasteiger partial charge in [0.05, 0.1) is 21.9 Å². The lowest BCUT2D eigenvalue weighted by molar-refractivity contribution is 0.0462. The first-order chi connectivity index (χ1) is 10.5. The van der Waals surface area contributed by atoms with E-state index in [1.165, 1.54) is 12.1 Å². The van der Waals surface area contributed by atoms with Crippen LogP contribution in [0.25, 0.3) is 0 Å². The van der Waals surface area contributed by atoms with E-state index >= 15 is 0 Å². The highest BCUT2D eigenvalue weighted by Gasteiger charge is 2.20. The number of alkyl halides is 4. The molecule has 1 aromatic rings. The lowest BCUT2D eigenvalue weighted by Gasteiger charge is -2.11. The Morgan fingerprint density at radius 2 is 1.23 bits per heavy atom. The summed E-state index contributed by atoms with van der Waals surface area (Å²) < 4.78 is 10.0. The molecular formula is C14H14Cl4O4. The highest BCUT2D eigenvalue weighted by molar-refractivity contribution is 6.28. The minimum Gasteiger partial charge on any atom is -0.460 e. The van der Waals surface area contributed by atoms with Gasteiger partial charge in [-0.3, -0.25) is 0 Å². The van der Waals surface area contributed by atoms with E-state index in [2.05, 4.69) is 0 Å². The number of esters is 2. The second-order valence-electron chi connectivity index (χ2n) is 4.25. The van der Waals surface area contributed by atoms with Gasteiger partial charge < -0.3 is 9.47 Å². The van der Waals surface area contributed by atoms with Gasteiger partial charge in [-0.1, -0.05) is 12.1 Å². The highest BCUT2D eigenvalue weighted by Crippen LogP contribution is 2.14. The summed E-state index contributed by atoms with van der Waals surface area (Å²) in [5.74, 6) is -1.06. The van der Waals surface area contributed by atoms with Crippen molar-refractivity contribution in [2.24, 2.45) is 0 Å². The van der Waals surface area contributed by atoms with Crippen molar-refractivity contribution in [2.45, 2.75) is 10.8 Å². The Labute approximate surface area is 148 Å². The molecule has 2 atom stereocenters. The van der Waals surface area contributed by atoms with E-state index in [4.69, 9.17) is 55.9 Å². The molecule has 2 unspecified atom stereocenters. The largest absolute Gasteiger partial charge is 0.460 e. The zero-order valence-electron chi connectivity index (χ0n) is 11.4. The summed E-state index contributed by atoms with van der Waals surface area (Å²) in [6.07, 6.45) is 0. The third-order valence-corrected chi connectivity index (χ3v) is 4.11. The van der Waals surface area contributed by atoms with Crippen molar-refractivity contribution in [3.63, 3.8) is 0 Å². The zero-order chi connectivity index (χ0) is 16.5. The molecule has 0 saturated carbocycles. The molecule has 0 radical (unpaired) electrons. The van der Waals surface area contributed by atoms with Crippen LogP contribution in [0.1, 0.15) is 20.7 Å². The number of hydrogen-bond acceptors (Lipinski definition) is 4. The quantitative estimate of drug-likeness (QED) is 0.504. The number of benzene rings is 1. The number of ether oxygens (including phenoxy) is 2. The Bertz CT molecular complexity index is 464. The topological polar surface area (TPSA) is 52.6 Å². The van der Waals surface area contributed by atoms with Gasteiger partial charge in [-0.15, -0.1) is 46.4 Å². The maximum absolute atomic E-state index is 12.0. The summed E-state index contributed by atoms with van der Waals surface area (Å²) in [7, 11) is 0. The monoisotopic (exact) mass is 386 g/mol. The molecule has 0 saturated heterocycles. The van der Waals surface area contributed by atoms with Gasteiger partial charge in [0.25, 0.3) is 0 Å². The van der Waals surface area contributed by atoms with Crippen molar-refractivity contribution in [2.75, 3.05) is 25.0 Å². The molecule has 0 amide bonds. The normalized spacial score (nSPS) is 13.3. The van der Waals surface area contributed by atoms with Gasteiger partial charge >= 0.3 is 11.9 Å². The Morgan fingerprint density at radius 1 is 0.864 bits per heavy atom. The van der Waals surface area contributed by atoms with E-state index in [0.29, 0.717) is 0 Å². The van der Waals surface area contributed by atoms with Gasteiger partial charge in [0.1, 0.15) is 13.2 Å². The molecule has 0 aliphatic carbocycles. The second-order valence-corrected chi connectivity index (χ2v) is 6.10. The maximum atomic E-state index is 12.0. The van der Waals surface area contributed by atoms with E-state index in [-0.39, 0.29) is 36.1 Å². The molecule has 0 aromatic heterocycles. The molecule has 0 spiro atoms. The van der Waals surface area contributed by atoms with Crippen LogP contribution in [0.4, 0.5) is 0 Å². The lowest BCUT2D eigenvalue weighted by Crippen LogP contribution is -2.20. The molecule has 0 fully saturated rings. The van der Waals surface area contributed by atoms with Crippen LogP contribution in [0.2, 0.25) is 0 Å². The second kappa shape index (κ2) is 10.2. The Kier molecular flexibility index (Phi) is 8.95. The predicted molar refractivity (Wildman–Crippen MR) is 87.7 cm³/mol. The first-order valence-electron chi connectivity index (χ1n) is 6.33. The summed E-state index contributed by atoms with van der Waals surface area (Å²) in [4.78, 5) is 24.0. The van der Waals surface area contributed by atoms with Crippen LogP contribution >= 0.6 is 46.4 Å². The fraction of sp³-hybridized carbons (Fsp3) is 0.429. The lowest BCUT2D eigenvalue weighted by atomic mass is 10.1. The van der Waals surface area contributed by atoms with Crippen LogP contribution in [-0.2, 0) is 9.47 Å². The number of rotatable bonds is 8. The van der Waals surface area contributed by atoms with Gasteiger partial charge in [0.15, 0.2) is 0 Å². The molecular weight excluding hydrogens is 374 g/mol. The number of hydrogen-bond donors (Lipinski definition) is 0. The summed E-state index contributed by atoms with van der Waals surface area (Å²) in [5.41, 5.74) is 0.172. The van der Waals surface area contributed by atoms with Crippen molar-refractivity contribution < 1.29 is 19.1 Å². The van der Waals surface area contributed by atoms with E-state index in [1.54, 1.807) is 12.1 Å². The van der Waals surface area contributed by atoms with Crippen molar-refractivity contribution in [3.05, 3.63) is 35.4 Å². The van der Waals surface area contributed by atoms with Crippen molar-refractivity contribution in [3.8, 4) is 0 Å². The molecule has 1 rings (SSSR count). The molecule has 1 aromatic carbocycles. The van der Waals surface area contributed by atoms with Crippen molar-refractivity contribution in [1.82, 2.24) is 0 Å². The first kappa shape index (κ1) is 19.4. The SMILES string of the molecule is O=C(OCC(Cl)CCl)c1ccccc1C(=O)OCC(Cl)CCl. The van der Waals surface area contributed by atoms with Crippen molar-refractivity contribution >= 4 is 58.3 Å². The molecule has 122 valence electrons. The highest BCUT2D eigenvalue weighted by atomic mass is 35.5. The molecule has 4 nitrogen and oxygen atoms in total. The molecule has 0 aliphatic rings. The zero-order valence-corrected chi connectivity index (χ0v) is 14.5. The van der Waals surface area contributed by atoms with Crippen LogP contribution in [0, 0.1) is 0 Å². The molecule has 8 heteroatoms.